The van der Waals surface area contributed by atoms with Crippen LogP contribution in [0.2, 0.25) is 0 Å². The van der Waals surface area contributed by atoms with Gasteiger partial charge in [0, 0.05) is 11.3 Å². The molecule has 2 N–H and O–H groups in total. The van der Waals surface area contributed by atoms with Crippen molar-refractivity contribution in [1.29, 1.82) is 5.26 Å². The first kappa shape index (κ1) is 13.1. The van der Waals surface area contributed by atoms with Gasteiger partial charge in [0.2, 0.25) is 0 Å². The summed E-state index contributed by atoms with van der Waals surface area (Å²) in [6.45, 7) is 3.58. The lowest BCUT2D eigenvalue weighted by atomic mass is 9.97. The minimum Gasteiger partial charge on any atom is -0.477 e. The Morgan fingerprint density at radius 3 is 2.32 bits per heavy atom. The molecule has 6 heteroatoms. The first-order chi connectivity index (χ1) is 8.84. The van der Waals surface area contributed by atoms with Crippen molar-refractivity contribution in [3.8, 4) is 6.07 Å². The molecule has 2 rings (SSSR count). The van der Waals surface area contributed by atoms with Gasteiger partial charge >= 0.3 is 12.1 Å². The third kappa shape index (κ3) is 1.87. The Labute approximate surface area is 109 Å². The normalized spacial score (nSPS) is 16.1. The highest BCUT2D eigenvalue weighted by Gasteiger charge is 2.49. The summed E-state index contributed by atoms with van der Waals surface area (Å²) in [5, 5.41) is 27.7. The molecule has 0 unspecified atom stereocenters. The fourth-order valence-electron chi connectivity index (χ4n) is 2.30. The van der Waals surface area contributed by atoms with E-state index < -0.39 is 17.5 Å². The number of hydrogen-bond donors (Lipinski definition) is 2. The molecule has 0 spiro atoms. The Bertz CT molecular complexity index is 603. The van der Waals surface area contributed by atoms with Crippen molar-refractivity contribution in [3.05, 3.63) is 23.0 Å². The maximum absolute atomic E-state index is 11.4. The summed E-state index contributed by atoms with van der Waals surface area (Å²) in [5.74, 6) is -1.46. The largest absolute Gasteiger partial charge is 0.477 e. The van der Waals surface area contributed by atoms with Gasteiger partial charge in [0.25, 0.3) is 0 Å². The molecular weight excluding hydrogens is 248 g/mol. The monoisotopic (exact) mass is 262 g/mol. The lowest BCUT2D eigenvalue weighted by molar-refractivity contribution is 0.0682. The zero-order valence-electron chi connectivity index (χ0n) is 10.7. The Kier molecular flexibility index (Phi) is 2.85. The average molecular weight is 262 g/mol. The van der Waals surface area contributed by atoms with Crippen molar-refractivity contribution in [3.63, 3.8) is 0 Å². The fourth-order valence-corrected chi connectivity index (χ4v) is 2.30. The van der Waals surface area contributed by atoms with Crippen molar-refractivity contribution < 1.29 is 19.8 Å². The van der Waals surface area contributed by atoms with Crippen molar-refractivity contribution in [2.45, 2.75) is 38.0 Å². The van der Waals surface area contributed by atoms with E-state index in [9.17, 15) is 25.1 Å². The summed E-state index contributed by atoms with van der Waals surface area (Å²) < 4.78 is 0.791. The fraction of sp³-hybridized carbons (Fsp3) is 0.462. The van der Waals surface area contributed by atoms with Gasteiger partial charge in [0.15, 0.2) is 0 Å². The average Bonchev–Trinajstić information content (AvgIpc) is 3.00. The summed E-state index contributed by atoms with van der Waals surface area (Å²) in [5.41, 5.74) is -0.386. The molecule has 1 aromatic heterocycles. The number of hydrogen-bond acceptors (Lipinski definition) is 3. The van der Waals surface area contributed by atoms with Gasteiger partial charge in [-0.1, -0.05) is 13.8 Å². The van der Waals surface area contributed by atoms with E-state index in [1.165, 1.54) is 0 Å². The summed E-state index contributed by atoms with van der Waals surface area (Å²) in [6.07, 6.45) is -0.184. The Morgan fingerprint density at radius 1 is 1.42 bits per heavy atom. The molecule has 0 amide bonds. The Balaban J connectivity index is 2.76. The third-order valence-corrected chi connectivity index (χ3v) is 3.49. The topological polar surface area (TPSA) is 103 Å². The number of aromatic nitrogens is 1. The number of nitriles is 1. The van der Waals surface area contributed by atoms with E-state index in [2.05, 4.69) is 6.07 Å². The van der Waals surface area contributed by atoms with E-state index in [0.717, 1.165) is 4.57 Å². The smallest absolute Gasteiger partial charge is 0.416 e. The molecule has 0 radical (unpaired) electrons. The molecule has 19 heavy (non-hydrogen) atoms. The van der Waals surface area contributed by atoms with Crippen molar-refractivity contribution >= 4 is 12.1 Å². The van der Waals surface area contributed by atoms with Crippen LogP contribution in [0.1, 0.15) is 54.4 Å². The van der Waals surface area contributed by atoms with Crippen LogP contribution < -0.4 is 0 Å². The van der Waals surface area contributed by atoms with Gasteiger partial charge < -0.3 is 10.2 Å². The molecule has 0 saturated heterocycles. The maximum atomic E-state index is 11.4. The number of rotatable bonds is 3. The minimum atomic E-state index is -1.33. The van der Waals surface area contributed by atoms with Crippen LogP contribution in [0.25, 0.3) is 0 Å². The molecule has 100 valence electrons. The highest BCUT2D eigenvalue weighted by molar-refractivity contribution is 5.93. The van der Waals surface area contributed by atoms with Crippen LogP contribution in [-0.4, -0.2) is 26.8 Å². The van der Waals surface area contributed by atoms with Gasteiger partial charge in [-0.05, 0) is 24.8 Å². The van der Waals surface area contributed by atoms with Crippen LogP contribution in [0.3, 0.4) is 0 Å². The van der Waals surface area contributed by atoms with E-state index >= 15 is 0 Å². The Morgan fingerprint density at radius 2 is 2.00 bits per heavy atom. The molecule has 0 aromatic carbocycles. The molecular formula is C13H14N2O4. The number of carboxylic acid groups (broad SMARTS) is 2. The zero-order chi connectivity index (χ0) is 14.4. The SMILES string of the molecule is CC(C)c1cc(C2(C#N)CC2)c(C(=O)O)n1C(=O)O. The second kappa shape index (κ2) is 4.12. The van der Waals surface area contributed by atoms with Gasteiger partial charge in [0.1, 0.15) is 5.69 Å². The minimum absolute atomic E-state index is 0.141. The highest BCUT2D eigenvalue weighted by atomic mass is 16.4. The van der Waals surface area contributed by atoms with Gasteiger partial charge in [0.05, 0.1) is 11.5 Å². The van der Waals surface area contributed by atoms with Crippen LogP contribution in [0.5, 0.6) is 0 Å². The van der Waals surface area contributed by atoms with E-state index in [4.69, 9.17) is 0 Å². The molecule has 1 aliphatic rings. The molecule has 1 fully saturated rings. The van der Waals surface area contributed by atoms with Gasteiger partial charge in [-0.2, -0.15) is 5.26 Å². The second-order valence-electron chi connectivity index (χ2n) is 5.10. The summed E-state index contributed by atoms with van der Waals surface area (Å²) >= 11 is 0. The van der Waals surface area contributed by atoms with Crippen LogP contribution in [0.15, 0.2) is 6.07 Å². The summed E-state index contributed by atoms with van der Waals surface area (Å²) in [6, 6.07) is 3.67. The lowest BCUT2D eigenvalue weighted by Crippen LogP contribution is -2.20. The quantitative estimate of drug-likeness (QED) is 0.870. The predicted molar refractivity (Wildman–Crippen MR) is 65.4 cm³/mol. The molecule has 1 aromatic rings. The lowest BCUT2D eigenvalue weighted by Gasteiger charge is -2.09. The molecule has 0 aliphatic heterocycles. The molecule has 1 heterocycles. The van der Waals surface area contributed by atoms with Crippen LogP contribution in [-0.2, 0) is 5.41 Å². The maximum Gasteiger partial charge on any atom is 0.416 e. The molecule has 1 aliphatic carbocycles. The first-order valence-electron chi connectivity index (χ1n) is 5.98. The van der Waals surface area contributed by atoms with Crippen molar-refractivity contribution in [1.82, 2.24) is 4.57 Å². The summed E-state index contributed by atoms with van der Waals surface area (Å²) in [7, 11) is 0. The van der Waals surface area contributed by atoms with Gasteiger partial charge in [-0.15, -0.1) is 0 Å². The molecule has 6 nitrogen and oxygen atoms in total. The van der Waals surface area contributed by atoms with E-state index in [0.29, 0.717) is 24.1 Å². The van der Waals surface area contributed by atoms with Gasteiger partial charge in [-0.25, -0.2) is 14.2 Å². The second-order valence-corrected chi connectivity index (χ2v) is 5.10. The third-order valence-electron chi connectivity index (χ3n) is 3.49. The van der Waals surface area contributed by atoms with E-state index in [-0.39, 0.29) is 11.6 Å². The van der Waals surface area contributed by atoms with Crippen LogP contribution >= 0.6 is 0 Å². The number of carbonyl (C=O) groups is 2. The van der Waals surface area contributed by atoms with Gasteiger partial charge in [-0.3, -0.25) is 0 Å². The highest BCUT2D eigenvalue weighted by Crippen LogP contribution is 2.50. The standard InChI is InChI=1S/C13H14N2O4/c1-7(2)9-5-8(13(6-14)3-4-13)10(11(16)17)15(9)12(18)19/h5,7H,3-4H2,1-2H3,(H,16,17)(H,18,19). The number of carboxylic acids is 1. The summed E-state index contributed by atoms with van der Waals surface area (Å²) in [4.78, 5) is 22.7. The van der Waals surface area contributed by atoms with Crippen LogP contribution in [0.4, 0.5) is 4.79 Å². The Hall–Kier alpha value is -2.29. The van der Waals surface area contributed by atoms with Crippen molar-refractivity contribution in [2.24, 2.45) is 0 Å². The first-order valence-corrected chi connectivity index (χ1v) is 5.98. The predicted octanol–water partition coefficient (Wildman–Crippen LogP) is 2.39. The zero-order valence-corrected chi connectivity index (χ0v) is 10.7. The molecule has 1 saturated carbocycles. The number of nitrogens with zero attached hydrogens (tertiary/aromatic N) is 2. The van der Waals surface area contributed by atoms with E-state index in [1.54, 1.807) is 19.9 Å². The van der Waals surface area contributed by atoms with Crippen LogP contribution in [0, 0.1) is 11.3 Å². The van der Waals surface area contributed by atoms with E-state index in [1.807, 2.05) is 0 Å². The number of aromatic carboxylic acids is 1. The molecule has 0 atom stereocenters. The van der Waals surface area contributed by atoms with Crippen molar-refractivity contribution in [2.75, 3.05) is 0 Å². The molecule has 0 bridgehead atoms.